The highest BCUT2D eigenvalue weighted by Crippen LogP contribution is 2.36. The van der Waals surface area contributed by atoms with Crippen molar-refractivity contribution >= 4 is 35.3 Å². The second kappa shape index (κ2) is 5.05. The van der Waals surface area contributed by atoms with E-state index in [1.54, 1.807) is 11.8 Å². The number of carbonyl (C=O) groups is 1. The van der Waals surface area contributed by atoms with E-state index >= 15 is 0 Å². The van der Waals surface area contributed by atoms with Gasteiger partial charge in [-0.2, -0.15) is 4.98 Å². The number of hydrogen-bond donors (Lipinski definition) is 2. The molecule has 6 nitrogen and oxygen atoms in total. The van der Waals surface area contributed by atoms with Crippen LogP contribution in [0.5, 0.6) is 0 Å². The fraction of sp³-hybridized carbons (Fsp3) is 0.545. The number of rotatable bonds is 2. The van der Waals surface area contributed by atoms with Crippen molar-refractivity contribution in [3.63, 3.8) is 0 Å². The van der Waals surface area contributed by atoms with Crippen molar-refractivity contribution in [2.75, 3.05) is 24.2 Å². The SMILES string of the molecule is O=C(O)N1CCC(Nc2nc(Cl)nc3c2SCC3)C1. The fourth-order valence-corrected chi connectivity index (χ4v) is 3.62. The van der Waals surface area contributed by atoms with Crippen molar-refractivity contribution in [3.8, 4) is 0 Å². The van der Waals surface area contributed by atoms with Crippen LogP contribution in [-0.4, -0.2) is 51.0 Å². The third-order valence-electron chi connectivity index (χ3n) is 3.29. The summed E-state index contributed by atoms with van der Waals surface area (Å²) in [5.41, 5.74) is 0.987. The molecule has 1 fully saturated rings. The molecule has 1 aromatic rings. The van der Waals surface area contributed by atoms with Gasteiger partial charge < -0.3 is 15.3 Å². The molecular formula is C11H13ClN4O2S. The number of anilines is 1. The predicted octanol–water partition coefficient (Wildman–Crippen LogP) is 1.94. The van der Waals surface area contributed by atoms with Crippen molar-refractivity contribution in [1.82, 2.24) is 14.9 Å². The van der Waals surface area contributed by atoms with Crippen LogP contribution in [0.25, 0.3) is 0 Å². The van der Waals surface area contributed by atoms with Gasteiger partial charge in [-0.1, -0.05) is 0 Å². The standard InChI is InChI=1S/C11H13ClN4O2S/c12-10-14-7-2-4-19-8(7)9(15-10)13-6-1-3-16(5-6)11(17)18/h6H,1-5H2,(H,17,18)(H,13,14,15). The number of nitrogens with one attached hydrogen (secondary N) is 1. The molecule has 8 heteroatoms. The summed E-state index contributed by atoms with van der Waals surface area (Å²) in [4.78, 5) is 21.8. The van der Waals surface area contributed by atoms with E-state index in [-0.39, 0.29) is 11.3 Å². The van der Waals surface area contributed by atoms with Crippen LogP contribution in [0, 0.1) is 0 Å². The summed E-state index contributed by atoms with van der Waals surface area (Å²) in [6, 6.07) is 0.0902. The van der Waals surface area contributed by atoms with E-state index in [4.69, 9.17) is 16.7 Å². The molecule has 0 aromatic carbocycles. The third-order valence-corrected chi connectivity index (χ3v) is 4.59. The Morgan fingerprint density at radius 3 is 3.11 bits per heavy atom. The molecule has 19 heavy (non-hydrogen) atoms. The number of fused-ring (bicyclic) bond motifs is 1. The van der Waals surface area contributed by atoms with Gasteiger partial charge in [0.2, 0.25) is 5.28 Å². The molecule has 102 valence electrons. The van der Waals surface area contributed by atoms with Gasteiger partial charge in [-0.25, -0.2) is 9.78 Å². The number of aromatic nitrogens is 2. The van der Waals surface area contributed by atoms with E-state index in [0.29, 0.717) is 13.1 Å². The van der Waals surface area contributed by atoms with Crippen LogP contribution in [-0.2, 0) is 6.42 Å². The number of hydrogen-bond acceptors (Lipinski definition) is 5. The Labute approximate surface area is 119 Å². The molecule has 0 bridgehead atoms. The molecule has 1 amide bonds. The smallest absolute Gasteiger partial charge is 0.407 e. The molecule has 0 aliphatic carbocycles. The number of halogens is 1. The molecule has 0 spiro atoms. The summed E-state index contributed by atoms with van der Waals surface area (Å²) in [6.45, 7) is 1.04. The lowest BCUT2D eigenvalue weighted by atomic mass is 10.2. The quantitative estimate of drug-likeness (QED) is 0.813. The Bertz CT molecular complexity index is 528. The minimum Gasteiger partial charge on any atom is -0.465 e. The van der Waals surface area contributed by atoms with Crippen molar-refractivity contribution in [2.24, 2.45) is 0 Å². The second-order valence-corrected chi connectivity index (χ2v) is 6.02. The van der Waals surface area contributed by atoms with Gasteiger partial charge in [-0.05, 0) is 18.0 Å². The largest absolute Gasteiger partial charge is 0.465 e. The van der Waals surface area contributed by atoms with Gasteiger partial charge >= 0.3 is 6.09 Å². The third kappa shape index (κ3) is 2.57. The fourth-order valence-electron chi connectivity index (χ4n) is 2.38. The number of amides is 1. The predicted molar refractivity (Wildman–Crippen MR) is 73.1 cm³/mol. The van der Waals surface area contributed by atoms with Crippen LogP contribution in [0.15, 0.2) is 4.90 Å². The Morgan fingerprint density at radius 2 is 2.37 bits per heavy atom. The molecule has 1 aromatic heterocycles. The monoisotopic (exact) mass is 300 g/mol. The number of nitrogens with zero attached hydrogens (tertiary/aromatic N) is 3. The summed E-state index contributed by atoms with van der Waals surface area (Å²) in [7, 11) is 0. The van der Waals surface area contributed by atoms with E-state index in [2.05, 4.69) is 15.3 Å². The summed E-state index contributed by atoms with van der Waals surface area (Å²) in [5, 5.41) is 12.5. The first-order valence-corrected chi connectivity index (χ1v) is 7.43. The van der Waals surface area contributed by atoms with E-state index in [0.717, 1.165) is 35.0 Å². The zero-order valence-corrected chi connectivity index (χ0v) is 11.7. The summed E-state index contributed by atoms with van der Waals surface area (Å²) in [6.07, 6.45) is 0.820. The Morgan fingerprint density at radius 1 is 1.53 bits per heavy atom. The lowest BCUT2D eigenvalue weighted by molar-refractivity contribution is 0.155. The van der Waals surface area contributed by atoms with Crippen LogP contribution < -0.4 is 5.32 Å². The van der Waals surface area contributed by atoms with Gasteiger partial charge in [-0.3, -0.25) is 0 Å². The Hall–Kier alpha value is -1.21. The minimum absolute atomic E-state index is 0.0902. The summed E-state index contributed by atoms with van der Waals surface area (Å²) < 4.78 is 0. The van der Waals surface area contributed by atoms with Crippen LogP contribution in [0.2, 0.25) is 5.28 Å². The lowest BCUT2D eigenvalue weighted by Crippen LogP contribution is -2.30. The maximum Gasteiger partial charge on any atom is 0.407 e. The van der Waals surface area contributed by atoms with Gasteiger partial charge in [0.1, 0.15) is 5.82 Å². The van der Waals surface area contributed by atoms with Crippen molar-refractivity contribution in [1.29, 1.82) is 0 Å². The first kappa shape index (κ1) is 12.8. The summed E-state index contributed by atoms with van der Waals surface area (Å²) in [5.74, 6) is 1.74. The zero-order chi connectivity index (χ0) is 13.4. The number of aryl methyl sites for hydroxylation is 1. The van der Waals surface area contributed by atoms with Gasteiger partial charge in [0.05, 0.1) is 10.6 Å². The highest BCUT2D eigenvalue weighted by Gasteiger charge is 2.28. The molecule has 2 aliphatic rings. The van der Waals surface area contributed by atoms with Gasteiger partial charge in [0.25, 0.3) is 0 Å². The van der Waals surface area contributed by atoms with Crippen LogP contribution in [0.4, 0.5) is 10.6 Å². The van der Waals surface area contributed by atoms with Crippen LogP contribution >= 0.6 is 23.4 Å². The van der Waals surface area contributed by atoms with Crippen molar-refractivity contribution in [2.45, 2.75) is 23.8 Å². The molecule has 0 radical (unpaired) electrons. The summed E-state index contributed by atoms with van der Waals surface area (Å²) >= 11 is 7.63. The molecule has 0 saturated carbocycles. The topological polar surface area (TPSA) is 78.4 Å². The minimum atomic E-state index is -0.871. The molecule has 1 unspecified atom stereocenters. The van der Waals surface area contributed by atoms with E-state index < -0.39 is 6.09 Å². The molecular weight excluding hydrogens is 288 g/mol. The highest BCUT2D eigenvalue weighted by atomic mass is 35.5. The normalized spacial score (nSPS) is 21.5. The lowest BCUT2D eigenvalue weighted by Gasteiger charge is -2.16. The van der Waals surface area contributed by atoms with Gasteiger partial charge in [0.15, 0.2) is 0 Å². The van der Waals surface area contributed by atoms with Gasteiger partial charge in [0, 0.05) is 31.3 Å². The first-order chi connectivity index (χ1) is 9.13. The molecule has 3 rings (SSSR count). The molecule has 3 heterocycles. The molecule has 1 saturated heterocycles. The number of carboxylic acid groups (broad SMARTS) is 1. The highest BCUT2D eigenvalue weighted by molar-refractivity contribution is 7.99. The van der Waals surface area contributed by atoms with Crippen molar-refractivity contribution in [3.05, 3.63) is 11.0 Å². The van der Waals surface area contributed by atoms with Crippen LogP contribution in [0.1, 0.15) is 12.1 Å². The molecule has 2 aliphatic heterocycles. The maximum atomic E-state index is 10.9. The average Bonchev–Trinajstić information content (AvgIpc) is 2.96. The maximum absolute atomic E-state index is 10.9. The Kier molecular flexibility index (Phi) is 3.40. The molecule has 1 atom stereocenters. The average molecular weight is 301 g/mol. The van der Waals surface area contributed by atoms with E-state index in [9.17, 15) is 4.79 Å². The van der Waals surface area contributed by atoms with Gasteiger partial charge in [-0.15, -0.1) is 11.8 Å². The second-order valence-electron chi connectivity index (χ2n) is 4.57. The Balaban J connectivity index is 1.76. The number of thioether (sulfide) groups is 1. The number of likely N-dealkylation sites (tertiary alicyclic amines) is 1. The van der Waals surface area contributed by atoms with E-state index in [1.807, 2.05) is 0 Å². The first-order valence-electron chi connectivity index (χ1n) is 6.07. The molecule has 2 N–H and O–H groups in total. The zero-order valence-electron chi connectivity index (χ0n) is 10.1. The van der Waals surface area contributed by atoms with Crippen LogP contribution in [0.3, 0.4) is 0 Å². The van der Waals surface area contributed by atoms with E-state index in [1.165, 1.54) is 4.90 Å². The van der Waals surface area contributed by atoms with Crippen molar-refractivity contribution < 1.29 is 9.90 Å².